The van der Waals surface area contributed by atoms with Crippen molar-refractivity contribution in [2.24, 2.45) is 5.92 Å². The van der Waals surface area contributed by atoms with Gasteiger partial charge in [0.25, 0.3) is 0 Å². The number of rotatable bonds is 6. The zero-order valence-corrected chi connectivity index (χ0v) is 15.0. The molecule has 2 N–H and O–H groups in total. The normalized spacial score (nSPS) is 14.7. The molecule has 0 saturated heterocycles. The van der Waals surface area contributed by atoms with E-state index in [-0.39, 0.29) is 18.0 Å². The Kier molecular flexibility index (Phi) is 7.03. The minimum atomic E-state index is -0.544. The first kappa shape index (κ1) is 19.5. The maximum atomic E-state index is 12.0. The molecule has 1 amide bonds. The Morgan fingerprint density at radius 2 is 1.78 bits per heavy atom. The summed E-state index contributed by atoms with van der Waals surface area (Å²) in [5.74, 6) is 0.156. The molecule has 0 aliphatic carbocycles. The van der Waals surface area contributed by atoms with Gasteiger partial charge in [-0.25, -0.2) is 4.79 Å². The summed E-state index contributed by atoms with van der Waals surface area (Å²) in [6.07, 6.45) is -0.462. The molecule has 0 aromatic heterocycles. The maximum absolute atomic E-state index is 12.0. The lowest BCUT2D eigenvalue weighted by atomic mass is 9.97. The summed E-state index contributed by atoms with van der Waals surface area (Å²) in [6, 6.07) is 9.26. The van der Waals surface area contributed by atoms with E-state index in [2.05, 4.69) is 5.32 Å². The highest BCUT2D eigenvalue weighted by Gasteiger charge is 2.29. The number of carbonyl (C=O) groups is 1. The van der Waals surface area contributed by atoms with Crippen molar-refractivity contribution in [3.8, 4) is 0 Å². The molecule has 0 saturated carbocycles. The largest absolute Gasteiger partial charge is 0.444 e. The van der Waals surface area contributed by atoms with Gasteiger partial charge in [-0.2, -0.15) is 5.06 Å². The predicted molar refractivity (Wildman–Crippen MR) is 91.2 cm³/mol. The molecular weight excluding hydrogens is 292 g/mol. The highest BCUT2D eigenvalue weighted by Crippen LogP contribution is 2.15. The van der Waals surface area contributed by atoms with Crippen LogP contribution in [0.5, 0.6) is 0 Å². The van der Waals surface area contributed by atoms with Crippen LogP contribution < -0.4 is 5.32 Å². The number of hydrogen-bond acceptors (Lipinski definition) is 4. The van der Waals surface area contributed by atoms with E-state index in [9.17, 15) is 10.0 Å². The van der Waals surface area contributed by atoms with E-state index in [0.29, 0.717) is 6.54 Å². The molecule has 0 heterocycles. The van der Waals surface area contributed by atoms with Crippen LogP contribution in [0.2, 0.25) is 0 Å². The van der Waals surface area contributed by atoms with Gasteiger partial charge in [0.15, 0.2) is 0 Å². The fourth-order valence-electron chi connectivity index (χ4n) is 2.39. The number of amides is 1. The standard InChI is InChI=1S/C18H30N2O3/c1-13(2)16(19-17(21)23-18(4,5)6)14(3)20(22)12-15-10-8-7-9-11-15/h7-11,13-14,16,22H,12H2,1-6H3,(H,19,21). The SMILES string of the molecule is CC(C)C(NC(=O)OC(C)(C)C)C(C)N(O)Cc1ccccc1. The molecule has 130 valence electrons. The van der Waals surface area contributed by atoms with Gasteiger partial charge in [-0.15, -0.1) is 0 Å². The van der Waals surface area contributed by atoms with Gasteiger partial charge in [0.2, 0.25) is 0 Å². The molecule has 0 bridgehead atoms. The van der Waals surface area contributed by atoms with Gasteiger partial charge in [0, 0.05) is 6.54 Å². The van der Waals surface area contributed by atoms with Crippen LogP contribution in [0.1, 0.15) is 47.1 Å². The number of ether oxygens (including phenoxy) is 1. The van der Waals surface area contributed by atoms with E-state index in [1.165, 1.54) is 5.06 Å². The molecule has 2 atom stereocenters. The second-order valence-electron chi connectivity index (χ2n) is 7.24. The summed E-state index contributed by atoms with van der Waals surface area (Å²) in [6.45, 7) is 11.8. The van der Waals surface area contributed by atoms with Gasteiger partial charge >= 0.3 is 6.09 Å². The Balaban J connectivity index is 2.70. The summed E-state index contributed by atoms with van der Waals surface area (Å²) in [5.41, 5.74) is 0.472. The van der Waals surface area contributed by atoms with Crippen LogP contribution in [0.25, 0.3) is 0 Å². The summed E-state index contributed by atoms with van der Waals surface area (Å²) >= 11 is 0. The van der Waals surface area contributed by atoms with Crippen LogP contribution in [-0.2, 0) is 11.3 Å². The number of hydroxylamine groups is 2. The summed E-state index contributed by atoms with van der Waals surface area (Å²) in [4.78, 5) is 12.0. The Labute approximate surface area is 139 Å². The van der Waals surface area contributed by atoms with Crippen molar-refractivity contribution in [1.29, 1.82) is 0 Å². The number of alkyl carbamates (subject to hydrolysis) is 1. The molecule has 0 aliphatic rings. The van der Waals surface area contributed by atoms with E-state index in [1.807, 2.05) is 71.9 Å². The molecular formula is C18H30N2O3. The first-order valence-electron chi connectivity index (χ1n) is 8.09. The molecule has 0 spiro atoms. The molecule has 23 heavy (non-hydrogen) atoms. The van der Waals surface area contributed by atoms with Crippen LogP contribution >= 0.6 is 0 Å². The minimum Gasteiger partial charge on any atom is -0.444 e. The average molecular weight is 322 g/mol. The smallest absolute Gasteiger partial charge is 0.407 e. The first-order chi connectivity index (χ1) is 10.6. The van der Waals surface area contributed by atoms with Crippen LogP contribution in [0.4, 0.5) is 4.79 Å². The summed E-state index contributed by atoms with van der Waals surface area (Å²) < 4.78 is 5.32. The van der Waals surface area contributed by atoms with Crippen molar-refractivity contribution < 1.29 is 14.7 Å². The molecule has 0 aliphatic heterocycles. The van der Waals surface area contributed by atoms with E-state index in [1.54, 1.807) is 0 Å². The molecule has 1 aromatic carbocycles. The van der Waals surface area contributed by atoms with Crippen molar-refractivity contribution in [2.45, 2.75) is 65.8 Å². The molecule has 1 rings (SSSR count). The van der Waals surface area contributed by atoms with Gasteiger partial charge in [-0.3, -0.25) is 0 Å². The predicted octanol–water partition coefficient (Wildman–Crippen LogP) is 3.82. The third-order valence-corrected chi connectivity index (χ3v) is 3.58. The summed E-state index contributed by atoms with van der Waals surface area (Å²) in [7, 11) is 0. The monoisotopic (exact) mass is 322 g/mol. The van der Waals surface area contributed by atoms with E-state index < -0.39 is 11.7 Å². The molecule has 5 nitrogen and oxygen atoms in total. The van der Waals surface area contributed by atoms with Crippen molar-refractivity contribution in [3.05, 3.63) is 35.9 Å². The van der Waals surface area contributed by atoms with Crippen molar-refractivity contribution >= 4 is 6.09 Å². The van der Waals surface area contributed by atoms with Crippen LogP contribution in [0, 0.1) is 5.92 Å². The molecule has 0 radical (unpaired) electrons. The Bertz CT molecular complexity index is 483. The number of nitrogens with zero attached hydrogens (tertiary/aromatic N) is 1. The molecule has 5 heteroatoms. The van der Waals surface area contributed by atoms with Gasteiger partial charge in [-0.05, 0) is 39.2 Å². The van der Waals surface area contributed by atoms with Crippen molar-refractivity contribution in [1.82, 2.24) is 10.4 Å². The third-order valence-electron chi connectivity index (χ3n) is 3.58. The molecule has 0 fully saturated rings. The van der Waals surface area contributed by atoms with Gasteiger partial charge in [0.05, 0.1) is 12.1 Å². The van der Waals surface area contributed by atoms with Crippen LogP contribution in [0.3, 0.4) is 0 Å². The number of carbonyl (C=O) groups excluding carboxylic acids is 1. The van der Waals surface area contributed by atoms with Gasteiger partial charge in [0.1, 0.15) is 5.60 Å². The Morgan fingerprint density at radius 1 is 1.22 bits per heavy atom. The number of benzene rings is 1. The topological polar surface area (TPSA) is 61.8 Å². The van der Waals surface area contributed by atoms with Crippen molar-refractivity contribution in [2.75, 3.05) is 0 Å². The number of hydrogen-bond donors (Lipinski definition) is 2. The maximum Gasteiger partial charge on any atom is 0.407 e. The van der Waals surface area contributed by atoms with Crippen LogP contribution in [0.15, 0.2) is 30.3 Å². The first-order valence-corrected chi connectivity index (χ1v) is 8.09. The van der Waals surface area contributed by atoms with Crippen LogP contribution in [-0.4, -0.2) is 34.0 Å². The lowest BCUT2D eigenvalue weighted by Crippen LogP contribution is -2.52. The quantitative estimate of drug-likeness (QED) is 0.782. The number of nitrogens with one attached hydrogen (secondary N) is 1. The molecule has 1 aromatic rings. The third kappa shape index (κ3) is 7.01. The highest BCUT2D eigenvalue weighted by molar-refractivity contribution is 5.68. The van der Waals surface area contributed by atoms with Gasteiger partial charge in [-0.1, -0.05) is 44.2 Å². The van der Waals surface area contributed by atoms with Gasteiger partial charge < -0.3 is 15.3 Å². The minimum absolute atomic E-state index is 0.156. The average Bonchev–Trinajstić information content (AvgIpc) is 2.43. The lowest BCUT2D eigenvalue weighted by Gasteiger charge is -2.34. The Hall–Kier alpha value is -1.59. The fourth-order valence-corrected chi connectivity index (χ4v) is 2.39. The second kappa shape index (κ2) is 8.31. The van der Waals surface area contributed by atoms with E-state index in [4.69, 9.17) is 4.74 Å². The summed E-state index contributed by atoms with van der Waals surface area (Å²) in [5, 5.41) is 14.5. The highest BCUT2D eigenvalue weighted by atomic mass is 16.6. The van der Waals surface area contributed by atoms with Crippen molar-refractivity contribution in [3.63, 3.8) is 0 Å². The second-order valence-corrected chi connectivity index (χ2v) is 7.24. The Morgan fingerprint density at radius 3 is 2.26 bits per heavy atom. The van der Waals surface area contributed by atoms with E-state index in [0.717, 1.165) is 5.56 Å². The fraction of sp³-hybridized carbons (Fsp3) is 0.611. The zero-order valence-electron chi connectivity index (χ0n) is 15.0. The molecule has 2 unspecified atom stereocenters. The van der Waals surface area contributed by atoms with E-state index >= 15 is 0 Å². The lowest BCUT2D eigenvalue weighted by molar-refractivity contribution is -0.141. The zero-order chi connectivity index (χ0) is 17.6.